The van der Waals surface area contributed by atoms with Crippen molar-refractivity contribution < 1.29 is 4.92 Å². The van der Waals surface area contributed by atoms with Crippen molar-refractivity contribution in [3.8, 4) is 0 Å². The second-order valence-corrected chi connectivity index (χ2v) is 4.56. The van der Waals surface area contributed by atoms with Crippen molar-refractivity contribution in [1.29, 1.82) is 0 Å². The molecule has 0 aliphatic heterocycles. The first-order valence-electron chi connectivity index (χ1n) is 4.73. The summed E-state index contributed by atoms with van der Waals surface area (Å²) in [6.45, 7) is 2.10. The molecule has 0 amide bonds. The van der Waals surface area contributed by atoms with Gasteiger partial charge in [0.1, 0.15) is 0 Å². The molecule has 0 saturated carbocycles. The SMILES string of the molecule is CC1C=Cc2ccc([N+](=O)[O-])c(Br)c2C1. The van der Waals surface area contributed by atoms with Crippen LogP contribution in [0.3, 0.4) is 0 Å². The Kier molecular flexibility index (Phi) is 2.61. The van der Waals surface area contributed by atoms with Gasteiger partial charge in [-0.2, -0.15) is 0 Å². The van der Waals surface area contributed by atoms with Crippen molar-refractivity contribution in [2.75, 3.05) is 0 Å². The number of fused-ring (bicyclic) bond motifs is 1. The van der Waals surface area contributed by atoms with E-state index < -0.39 is 0 Å². The number of allylic oxidation sites excluding steroid dienone is 1. The highest BCUT2D eigenvalue weighted by atomic mass is 79.9. The molecule has 2 rings (SSSR count). The lowest BCUT2D eigenvalue weighted by atomic mass is 9.90. The topological polar surface area (TPSA) is 43.1 Å². The summed E-state index contributed by atoms with van der Waals surface area (Å²) in [7, 11) is 0. The fourth-order valence-electron chi connectivity index (χ4n) is 1.79. The largest absolute Gasteiger partial charge is 0.283 e. The van der Waals surface area contributed by atoms with Gasteiger partial charge in [-0.15, -0.1) is 0 Å². The Hall–Kier alpha value is -1.16. The Balaban J connectivity index is 2.58. The molecule has 0 N–H and O–H groups in total. The van der Waals surface area contributed by atoms with Gasteiger partial charge in [0.05, 0.1) is 9.40 Å². The first-order chi connectivity index (χ1) is 7.09. The maximum Gasteiger partial charge on any atom is 0.283 e. The average Bonchev–Trinajstić information content (AvgIpc) is 2.19. The minimum absolute atomic E-state index is 0.149. The summed E-state index contributed by atoms with van der Waals surface area (Å²) >= 11 is 3.32. The molecule has 0 radical (unpaired) electrons. The van der Waals surface area contributed by atoms with Gasteiger partial charge in [-0.3, -0.25) is 10.1 Å². The average molecular weight is 268 g/mol. The van der Waals surface area contributed by atoms with E-state index in [2.05, 4.69) is 28.9 Å². The van der Waals surface area contributed by atoms with E-state index in [0.29, 0.717) is 10.4 Å². The van der Waals surface area contributed by atoms with E-state index in [1.165, 1.54) is 0 Å². The van der Waals surface area contributed by atoms with Crippen LogP contribution in [0.4, 0.5) is 5.69 Å². The summed E-state index contributed by atoms with van der Waals surface area (Å²) in [5.41, 5.74) is 2.26. The predicted octanol–water partition coefficient (Wildman–Crippen LogP) is 3.56. The van der Waals surface area contributed by atoms with Crippen LogP contribution in [-0.4, -0.2) is 4.92 Å². The highest BCUT2D eigenvalue weighted by molar-refractivity contribution is 9.10. The van der Waals surface area contributed by atoms with Crippen molar-refractivity contribution in [3.05, 3.63) is 43.9 Å². The van der Waals surface area contributed by atoms with Gasteiger partial charge in [0.15, 0.2) is 0 Å². The summed E-state index contributed by atoms with van der Waals surface area (Å²) in [5, 5.41) is 10.7. The van der Waals surface area contributed by atoms with Gasteiger partial charge < -0.3 is 0 Å². The number of rotatable bonds is 1. The Morgan fingerprint density at radius 1 is 1.53 bits per heavy atom. The standard InChI is InChI=1S/C11H10BrNO2/c1-7-2-3-8-4-5-10(13(14)15)11(12)9(8)6-7/h2-5,7H,6H2,1H3. The smallest absolute Gasteiger partial charge is 0.258 e. The zero-order chi connectivity index (χ0) is 11.0. The minimum atomic E-state index is -0.354. The first kappa shape index (κ1) is 10.4. The predicted molar refractivity (Wildman–Crippen MR) is 62.7 cm³/mol. The highest BCUT2D eigenvalue weighted by Gasteiger charge is 2.20. The van der Waals surface area contributed by atoms with Crippen LogP contribution in [0.2, 0.25) is 0 Å². The van der Waals surface area contributed by atoms with Crippen LogP contribution in [0.15, 0.2) is 22.7 Å². The van der Waals surface area contributed by atoms with Crippen molar-refractivity contribution in [2.24, 2.45) is 5.92 Å². The highest BCUT2D eigenvalue weighted by Crippen LogP contribution is 2.35. The molecule has 0 spiro atoms. The molecule has 0 saturated heterocycles. The molecule has 1 aliphatic rings. The molecule has 1 aromatic rings. The molecule has 0 bridgehead atoms. The number of halogens is 1. The number of nitro benzene ring substituents is 1. The summed E-state index contributed by atoms with van der Waals surface area (Å²) in [6, 6.07) is 3.35. The van der Waals surface area contributed by atoms with Crippen LogP contribution < -0.4 is 0 Å². The van der Waals surface area contributed by atoms with E-state index in [-0.39, 0.29) is 10.6 Å². The summed E-state index contributed by atoms with van der Waals surface area (Å²) in [5.74, 6) is 0.441. The molecular weight excluding hydrogens is 258 g/mol. The lowest BCUT2D eigenvalue weighted by Gasteiger charge is -2.16. The molecule has 1 atom stereocenters. The molecule has 3 nitrogen and oxygen atoms in total. The second-order valence-electron chi connectivity index (χ2n) is 3.76. The Morgan fingerprint density at radius 2 is 2.27 bits per heavy atom. The van der Waals surface area contributed by atoms with Crippen LogP contribution >= 0.6 is 15.9 Å². The molecule has 0 heterocycles. The van der Waals surface area contributed by atoms with Crippen LogP contribution in [0.25, 0.3) is 6.08 Å². The quantitative estimate of drug-likeness (QED) is 0.577. The van der Waals surface area contributed by atoms with Crippen molar-refractivity contribution >= 4 is 27.7 Å². The van der Waals surface area contributed by atoms with E-state index in [0.717, 1.165) is 17.5 Å². The van der Waals surface area contributed by atoms with Gasteiger partial charge in [-0.25, -0.2) is 0 Å². The van der Waals surface area contributed by atoms with Gasteiger partial charge in [0.2, 0.25) is 0 Å². The molecule has 0 fully saturated rings. The maximum atomic E-state index is 10.7. The zero-order valence-electron chi connectivity index (χ0n) is 8.24. The van der Waals surface area contributed by atoms with Crippen molar-refractivity contribution in [3.63, 3.8) is 0 Å². The van der Waals surface area contributed by atoms with Crippen LogP contribution in [-0.2, 0) is 6.42 Å². The number of hydrogen-bond acceptors (Lipinski definition) is 2. The van der Waals surface area contributed by atoms with Crippen LogP contribution in [0.1, 0.15) is 18.1 Å². The number of benzene rings is 1. The molecule has 78 valence electrons. The summed E-state index contributed by atoms with van der Waals surface area (Å²) in [4.78, 5) is 10.4. The number of nitrogens with zero attached hydrogens (tertiary/aromatic N) is 1. The van der Waals surface area contributed by atoms with Crippen molar-refractivity contribution in [2.45, 2.75) is 13.3 Å². The van der Waals surface area contributed by atoms with Gasteiger partial charge in [0, 0.05) is 6.07 Å². The third kappa shape index (κ3) is 1.81. The maximum absolute atomic E-state index is 10.7. The van der Waals surface area contributed by atoms with Gasteiger partial charge in [-0.1, -0.05) is 19.1 Å². The normalized spacial score (nSPS) is 18.7. The monoisotopic (exact) mass is 267 g/mol. The first-order valence-corrected chi connectivity index (χ1v) is 5.53. The molecule has 1 aliphatic carbocycles. The van der Waals surface area contributed by atoms with E-state index >= 15 is 0 Å². The molecule has 1 aromatic carbocycles. The lowest BCUT2D eigenvalue weighted by molar-refractivity contribution is -0.385. The Morgan fingerprint density at radius 3 is 2.93 bits per heavy atom. The van der Waals surface area contributed by atoms with Crippen LogP contribution in [0.5, 0.6) is 0 Å². The van der Waals surface area contributed by atoms with Gasteiger partial charge in [0.25, 0.3) is 5.69 Å². The summed E-state index contributed by atoms with van der Waals surface area (Å²) < 4.78 is 0.626. The molecule has 15 heavy (non-hydrogen) atoms. The molecule has 4 heteroatoms. The third-order valence-corrected chi connectivity index (χ3v) is 3.47. The van der Waals surface area contributed by atoms with E-state index in [1.54, 1.807) is 12.1 Å². The van der Waals surface area contributed by atoms with Gasteiger partial charge >= 0.3 is 0 Å². The Labute approximate surface area is 96.1 Å². The lowest BCUT2D eigenvalue weighted by Crippen LogP contribution is -2.05. The Bertz CT molecular complexity index is 454. The minimum Gasteiger partial charge on any atom is -0.258 e. The molecular formula is C11H10BrNO2. The molecule has 0 aromatic heterocycles. The fourth-order valence-corrected chi connectivity index (χ4v) is 2.45. The van der Waals surface area contributed by atoms with Gasteiger partial charge in [-0.05, 0) is 45.5 Å². The second kappa shape index (κ2) is 3.77. The van der Waals surface area contributed by atoms with E-state index in [1.807, 2.05) is 6.08 Å². The fraction of sp³-hybridized carbons (Fsp3) is 0.273. The molecule has 1 unspecified atom stereocenters. The number of nitro groups is 1. The summed E-state index contributed by atoms with van der Waals surface area (Å²) in [6.07, 6.45) is 5.01. The van der Waals surface area contributed by atoms with Crippen molar-refractivity contribution in [1.82, 2.24) is 0 Å². The van der Waals surface area contributed by atoms with E-state index in [4.69, 9.17) is 0 Å². The zero-order valence-corrected chi connectivity index (χ0v) is 9.82. The third-order valence-electron chi connectivity index (χ3n) is 2.59. The number of hydrogen-bond donors (Lipinski definition) is 0. The van der Waals surface area contributed by atoms with E-state index in [9.17, 15) is 10.1 Å². The van der Waals surface area contributed by atoms with Crippen LogP contribution in [0, 0.1) is 16.0 Å².